The van der Waals surface area contributed by atoms with E-state index in [4.69, 9.17) is 5.73 Å². The monoisotopic (exact) mass is 338 g/mol. The van der Waals surface area contributed by atoms with E-state index < -0.39 is 5.91 Å². The molecule has 0 saturated carbocycles. The molecule has 0 aromatic heterocycles. The molecule has 0 spiro atoms. The van der Waals surface area contributed by atoms with E-state index in [1.165, 1.54) is 24.3 Å². The van der Waals surface area contributed by atoms with Crippen LogP contribution in [0.1, 0.15) is 40.1 Å². The van der Waals surface area contributed by atoms with Crippen molar-refractivity contribution < 1.29 is 9.59 Å². The van der Waals surface area contributed by atoms with E-state index in [1.807, 2.05) is 24.3 Å². The summed E-state index contributed by atoms with van der Waals surface area (Å²) in [6, 6.07) is 14.0. The largest absolute Gasteiger partial charge is 0.372 e. The molecule has 0 aliphatic rings. The molecule has 0 fully saturated rings. The highest BCUT2D eigenvalue weighted by atomic mass is 16.2. The predicted octanol–water partition coefficient (Wildman–Crippen LogP) is 2.40. The van der Waals surface area contributed by atoms with Gasteiger partial charge in [-0.05, 0) is 55.8 Å². The predicted molar refractivity (Wildman–Crippen MR) is 100 cm³/mol. The molecule has 6 heteroatoms. The number of carbonyl (C=O) groups excluding carboxylic acids is 2. The van der Waals surface area contributed by atoms with Gasteiger partial charge in [-0.3, -0.25) is 9.59 Å². The molecule has 25 heavy (non-hydrogen) atoms. The van der Waals surface area contributed by atoms with Gasteiger partial charge in [0.15, 0.2) is 0 Å². The van der Waals surface area contributed by atoms with Crippen LogP contribution in [0.2, 0.25) is 0 Å². The number of carbonyl (C=O) groups is 2. The Hall–Kier alpha value is -3.15. The van der Waals surface area contributed by atoms with Crippen LogP contribution in [0.15, 0.2) is 53.6 Å². The summed E-state index contributed by atoms with van der Waals surface area (Å²) < 4.78 is 0. The molecule has 2 aromatic rings. The first-order chi connectivity index (χ1) is 12.0. The van der Waals surface area contributed by atoms with Crippen LogP contribution in [0.3, 0.4) is 0 Å². The normalized spacial score (nSPS) is 10.6. The summed E-state index contributed by atoms with van der Waals surface area (Å²) in [7, 11) is 0. The van der Waals surface area contributed by atoms with Gasteiger partial charge in [0.05, 0.1) is 6.21 Å². The van der Waals surface area contributed by atoms with Gasteiger partial charge in [-0.25, -0.2) is 5.43 Å². The second kappa shape index (κ2) is 8.63. The summed E-state index contributed by atoms with van der Waals surface area (Å²) in [5.41, 5.74) is 10.4. The van der Waals surface area contributed by atoms with Crippen molar-refractivity contribution in [1.29, 1.82) is 0 Å². The van der Waals surface area contributed by atoms with Crippen molar-refractivity contribution in [2.24, 2.45) is 10.8 Å². The molecule has 0 atom stereocenters. The fraction of sp³-hybridized carbons (Fsp3) is 0.211. The van der Waals surface area contributed by atoms with E-state index >= 15 is 0 Å². The zero-order chi connectivity index (χ0) is 18.2. The number of hydrogen-bond donors (Lipinski definition) is 2. The number of nitrogens with two attached hydrogens (primary N) is 1. The summed E-state index contributed by atoms with van der Waals surface area (Å²) in [4.78, 5) is 25.2. The molecule has 0 bridgehead atoms. The summed E-state index contributed by atoms with van der Waals surface area (Å²) in [5, 5.41) is 3.96. The average molecular weight is 338 g/mol. The lowest BCUT2D eigenvalue weighted by atomic mass is 10.1. The van der Waals surface area contributed by atoms with Gasteiger partial charge in [-0.15, -0.1) is 0 Å². The van der Waals surface area contributed by atoms with Gasteiger partial charge in [0.2, 0.25) is 5.91 Å². The number of amides is 2. The first-order valence-electron chi connectivity index (χ1n) is 8.13. The smallest absolute Gasteiger partial charge is 0.271 e. The van der Waals surface area contributed by atoms with Crippen molar-refractivity contribution in [3.63, 3.8) is 0 Å². The van der Waals surface area contributed by atoms with Gasteiger partial charge >= 0.3 is 0 Å². The third-order valence-electron chi connectivity index (χ3n) is 3.83. The number of primary amides is 1. The molecule has 2 aromatic carbocycles. The zero-order valence-corrected chi connectivity index (χ0v) is 14.4. The number of benzene rings is 2. The Morgan fingerprint density at radius 2 is 1.56 bits per heavy atom. The highest BCUT2D eigenvalue weighted by molar-refractivity contribution is 5.97. The van der Waals surface area contributed by atoms with E-state index in [9.17, 15) is 9.59 Å². The summed E-state index contributed by atoms with van der Waals surface area (Å²) in [5.74, 6) is -0.884. The lowest BCUT2D eigenvalue weighted by Crippen LogP contribution is -2.21. The summed E-state index contributed by atoms with van der Waals surface area (Å²) in [6.07, 6.45) is 1.59. The van der Waals surface area contributed by atoms with Gasteiger partial charge in [0.25, 0.3) is 5.91 Å². The van der Waals surface area contributed by atoms with E-state index in [2.05, 4.69) is 29.3 Å². The van der Waals surface area contributed by atoms with Crippen LogP contribution in [0.5, 0.6) is 0 Å². The molecule has 3 N–H and O–H groups in total. The molecule has 0 radical (unpaired) electrons. The van der Waals surface area contributed by atoms with E-state index in [-0.39, 0.29) is 5.91 Å². The number of hydrazone groups is 1. The van der Waals surface area contributed by atoms with Gasteiger partial charge in [-0.2, -0.15) is 5.10 Å². The molecule has 0 aliphatic heterocycles. The molecular formula is C19H22N4O2. The van der Waals surface area contributed by atoms with Crippen molar-refractivity contribution in [1.82, 2.24) is 5.43 Å². The number of hydrogen-bond acceptors (Lipinski definition) is 4. The maximum absolute atomic E-state index is 12.0. The molecule has 0 unspecified atom stereocenters. The number of nitrogens with zero attached hydrogens (tertiary/aromatic N) is 2. The van der Waals surface area contributed by atoms with Gasteiger partial charge in [0.1, 0.15) is 0 Å². The molecule has 130 valence electrons. The topological polar surface area (TPSA) is 87.8 Å². The quantitative estimate of drug-likeness (QED) is 0.600. The Kier molecular flexibility index (Phi) is 6.28. The Morgan fingerprint density at radius 3 is 2.08 bits per heavy atom. The standard InChI is InChI=1S/C19H22N4O2/c1-3-23(4-2)17-11-5-14(6-12-17)13-21-22-19(25)16-9-7-15(8-10-16)18(20)24/h5-13H,3-4H2,1-2H3,(H2,20,24)(H,22,25)/b21-13+. The Bertz CT molecular complexity index is 748. The van der Waals surface area contributed by atoms with Gasteiger partial charge < -0.3 is 10.6 Å². The number of anilines is 1. The Labute approximate surface area is 147 Å². The molecule has 6 nitrogen and oxygen atoms in total. The number of nitrogens with one attached hydrogen (secondary N) is 1. The highest BCUT2D eigenvalue weighted by Crippen LogP contribution is 2.14. The maximum Gasteiger partial charge on any atom is 0.271 e. The van der Waals surface area contributed by atoms with Crippen LogP contribution in [0.4, 0.5) is 5.69 Å². The fourth-order valence-corrected chi connectivity index (χ4v) is 2.38. The third-order valence-corrected chi connectivity index (χ3v) is 3.83. The Balaban J connectivity index is 1.95. The second-order valence-electron chi connectivity index (χ2n) is 5.40. The van der Waals surface area contributed by atoms with Crippen molar-refractivity contribution in [3.8, 4) is 0 Å². The van der Waals surface area contributed by atoms with Gasteiger partial charge in [0, 0.05) is 29.9 Å². The van der Waals surface area contributed by atoms with Crippen LogP contribution in [0.25, 0.3) is 0 Å². The first-order valence-corrected chi connectivity index (χ1v) is 8.13. The Morgan fingerprint density at radius 1 is 1.00 bits per heavy atom. The first kappa shape index (κ1) is 18.2. The SMILES string of the molecule is CCN(CC)c1ccc(/C=N/NC(=O)c2ccc(C(N)=O)cc2)cc1. The molecule has 0 saturated heterocycles. The molecule has 2 rings (SSSR count). The third kappa shape index (κ3) is 4.91. The van der Waals surface area contributed by atoms with Crippen LogP contribution in [-0.4, -0.2) is 31.1 Å². The van der Waals surface area contributed by atoms with Crippen molar-refractivity contribution in [3.05, 3.63) is 65.2 Å². The van der Waals surface area contributed by atoms with Crippen LogP contribution >= 0.6 is 0 Å². The molecular weight excluding hydrogens is 316 g/mol. The zero-order valence-electron chi connectivity index (χ0n) is 14.4. The minimum absolute atomic E-state index is 0.355. The van der Waals surface area contributed by atoms with Crippen LogP contribution in [0, 0.1) is 0 Å². The lowest BCUT2D eigenvalue weighted by Gasteiger charge is -2.20. The van der Waals surface area contributed by atoms with Crippen molar-refractivity contribution in [2.45, 2.75) is 13.8 Å². The molecule has 0 aliphatic carbocycles. The minimum Gasteiger partial charge on any atom is -0.372 e. The average Bonchev–Trinajstić information content (AvgIpc) is 2.64. The van der Waals surface area contributed by atoms with E-state index in [0.29, 0.717) is 11.1 Å². The van der Waals surface area contributed by atoms with Crippen molar-refractivity contribution >= 4 is 23.7 Å². The molecule has 2 amide bonds. The summed E-state index contributed by atoms with van der Waals surface area (Å²) >= 11 is 0. The second-order valence-corrected chi connectivity index (χ2v) is 5.40. The fourth-order valence-electron chi connectivity index (χ4n) is 2.38. The molecule has 0 heterocycles. The number of rotatable bonds is 7. The maximum atomic E-state index is 12.0. The van der Waals surface area contributed by atoms with Crippen LogP contribution < -0.4 is 16.1 Å². The van der Waals surface area contributed by atoms with Gasteiger partial charge in [-0.1, -0.05) is 12.1 Å². The van der Waals surface area contributed by atoms with E-state index in [1.54, 1.807) is 6.21 Å². The van der Waals surface area contributed by atoms with Crippen LogP contribution in [-0.2, 0) is 0 Å². The minimum atomic E-state index is -0.530. The van der Waals surface area contributed by atoms with Crippen molar-refractivity contribution in [2.75, 3.05) is 18.0 Å². The summed E-state index contributed by atoms with van der Waals surface area (Å²) in [6.45, 7) is 6.14. The van der Waals surface area contributed by atoms with E-state index in [0.717, 1.165) is 24.3 Å². The highest BCUT2D eigenvalue weighted by Gasteiger charge is 2.06. The lowest BCUT2D eigenvalue weighted by molar-refractivity contribution is 0.0952.